The van der Waals surface area contributed by atoms with E-state index in [9.17, 15) is 0 Å². The number of hydrogen-bond acceptors (Lipinski definition) is 1. The number of rotatable bonds is 2. The van der Waals surface area contributed by atoms with Crippen molar-refractivity contribution in [2.45, 2.75) is 0 Å². The van der Waals surface area contributed by atoms with Gasteiger partial charge in [0.2, 0.25) is 0 Å². The van der Waals surface area contributed by atoms with Gasteiger partial charge in [0.1, 0.15) is 6.54 Å². The summed E-state index contributed by atoms with van der Waals surface area (Å²) in [6, 6.07) is 0. The topological polar surface area (TPSA) is 51.7 Å². The van der Waals surface area contributed by atoms with Gasteiger partial charge in [0.05, 0.1) is 27.7 Å². The van der Waals surface area contributed by atoms with Crippen molar-refractivity contribution >= 4 is 29.6 Å². The zero-order chi connectivity index (χ0) is 5.91. The molecule has 0 aliphatic rings. The predicted octanol–water partition coefficient (Wildman–Crippen LogP) is -1.79. The Morgan fingerprint density at radius 2 is 1.56 bits per heavy atom. The SMILES string of the molecule is C[N+](C)(C)CCO.O.[NaH]. The normalized spacial score (nSPS) is 9.33. The first-order valence-electron chi connectivity index (χ1n) is 2.47. The van der Waals surface area contributed by atoms with Gasteiger partial charge in [-0.1, -0.05) is 0 Å². The molecule has 0 spiro atoms. The van der Waals surface area contributed by atoms with Gasteiger partial charge < -0.3 is 15.1 Å². The Labute approximate surface area is 78.9 Å². The summed E-state index contributed by atoms with van der Waals surface area (Å²) in [6.07, 6.45) is 0. The van der Waals surface area contributed by atoms with E-state index in [4.69, 9.17) is 5.11 Å². The van der Waals surface area contributed by atoms with Gasteiger partial charge in [-0.15, -0.1) is 0 Å². The van der Waals surface area contributed by atoms with Crippen molar-refractivity contribution in [3.8, 4) is 0 Å². The summed E-state index contributed by atoms with van der Waals surface area (Å²) in [5, 5.41) is 8.39. The van der Waals surface area contributed by atoms with Crippen LogP contribution in [0, 0.1) is 0 Å². The number of likely N-dealkylation sites (N-methyl/N-ethyl adjacent to an activating group) is 1. The standard InChI is InChI=1S/C5H14NO.Na.H2O.H/c1-6(2,3)4-5-7;;;/h7H,4-5H2,1-3H3;;1H2;/q+1;;;. The third-order valence-corrected chi connectivity index (χ3v) is 0.771. The molecule has 3 nitrogen and oxygen atoms in total. The van der Waals surface area contributed by atoms with Crippen molar-refractivity contribution in [3.05, 3.63) is 0 Å². The van der Waals surface area contributed by atoms with Gasteiger partial charge in [-0.2, -0.15) is 0 Å². The molecule has 0 aromatic carbocycles. The van der Waals surface area contributed by atoms with E-state index in [1.807, 2.05) is 0 Å². The molecule has 0 amide bonds. The number of aliphatic hydroxyl groups excluding tert-OH is 1. The monoisotopic (exact) mass is 146 g/mol. The molecule has 0 fully saturated rings. The fraction of sp³-hybridized carbons (Fsp3) is 1.00. The van der Waals surface area contributed by atoms with Crippen LogP contribution in [-0.4, -0.2) is 78.9 Å². The summed E-state index contributed by atoms with van der Waals surface area (Å²) < 4.78 is 0.844. The van der Waals surface area contributed by atoms with E-state index in [1.165, 1.54) is 0 Å². The summed E-state index contributed by atoms with van der Waals surface area (Å²) in [6.45, 7) is 1.11. The van der Waals surface area contributed by atoms with Crippen LogP contribution in [0.1, 0.15) is 0 Å². The quantitative estimate of drug-likeness (QED) is 0.363. The van der Waals surface area contributed by atoms with Crippen molar-refractivity contribution in [1.82, 2.24) is 0 Å². The maximum atomic E-state index is 8.39. The molecule has 0 radical (unpaired) electrons. The second kappa shape index (κ2) is 6.99. The molecule has 0 saturated heterocycles. The zero-order valence-electron chi connectivity index (χ0n) is 5.81. The Morgan fingerprint density at radius 3 is 1.56 bits per heavy atom. The number of nitrogens with zero attached hydrogens (tertiary/aromatic N) is 1. The second-order valence-electron chi connectivity index (χ2n) is 2.74. The molecule has 0 aromatic heterocycles. The van der Waals surface area contributed by atoms with Crippen LogP contribution in [0.15, 0.2) is 0 Å². The Balaban J connectivity index is -0.000000180. The Morgan fingerprint density at radius 1 is 1.22 bits per heavy atom. The van der Waals surface area contributed by atoms with E-state index in [0.717, 1.165) is 11.0 Å². The van der Waals surface area contributed by atoms with E-state index in [0.29, 0.717) is 0 Å². The first-order chi connectivity index (χ1) is 3.06. The first-order valence-corrected chi connectivity index (χ1v) is 2.47. The molecule has 0 rings (SSSR count). The average molecular weight is 146 g/mol. The Kier molecular flexibility index (Phi) is 12.8. The fourth-order valence-electron chi connectivity index (χ4n) is 0.300. The molecule has 0 saturated carbocycles. The summed E-state index contributed by atoms with van der Waals surface area (Å²) in [7, 11) is 6.16. The number of aliphatic hydroxyl groups is 1. The molecule has 0 atom stereocenters. The molecule has 0 aromatic rings. The Bertz CT molecular complexity index is 53.4. The van der Waals surface area contributed by atoms with Gasteiger partial charge in [0.25, 0.3) is 0 Å². The molecule has 4 heteroatoms. The van der Waals surface area contributed by atoms with E-state index < -0.39 is 0 Å². The van der Waals surface area contributed by atoms with Crippen LogP contribution in [0.5, 0.6) is 0 Å². The number of quaternary nitrogens is 1. The molecule has 0 bridgehead atoms. The molecule has 0 heterocycles. The molecule has 3 N–H and O–H groups in total. The van der Waals surface area contributed by atoms with Gasteiger partial charge in [-0.05, 0) is 0 Å². The van der Waals surface area contributed by atoms with Gasteiger partial charge >= 0.3 is 29.6 Å². The predicted molar refractivity (Wildman–Crippen MR) is 40.7 cm³/mol. The maximum absolute atomic E-state index is 8.39. The van der Waals surface area contributed by atoms with Crippen molar-refractivity contribution < 1.29 is 15.1 Å². The van der Waals surface area contributed by atoms with Crippen LogP contribution in [0.4, 0.5) is 0 Å². The van der Waals surface area contributed by atoms with Crippen LogP contribution in [0.2, 0.25) is 0 Å². The van der Waals surface area contributed by atoms with Crippen molar-refractivity contribution in [1.29, 1.82) is 0 Å². The van der Waals surface area contributed by atoms with Gasteiger partial charge in [0.15, 0.2) is 0 Å². The minimum atomic E-state index is 0. The third kappa shape index (κ3) is 17.7. The van der Waals surface area contributed by atoms with Crippen molar-refractivity contribution in [3.63, 3.8) is 0 Å². The summed E-state index contributed by atoms with van der Waals surface area (Å²) in [5.74, 6) is 0. The average Bonchev–Trinajstić information content (AvgIpc) is 1.30. The summed E-state index contributed by atoms with van der Waals surface area (Å²) >= 11 is 0. The van der Waals surface area contributed by atoms with Crippen LogP contribution in [0.25, 0.3) is 0 Å². The van der Waals surface area contributed by atoms with Crippen LogP contribution >= 0.6 is 0 Å². The van der Waals surface area contributed by atoms with Gasteiger partial charge in [0, 0.05) is 0 Å². The Hall–Kier alpha value is 0.880. The van der Waals surface area contributed by atoms with Crippen LogP contribution in [-0.2, 0) is 0 Å². The summed E-state index contributed by atoms with van der Waals surface area (Å²) in [5.41, 5.74) is 0. The van der Waals surface area contributed by atoms with Crippen LogP contribution < -0.4 is 0 Å². The van der Waals surface area contributed by atoms with Gasteiger partial charge in [-0.25, -0.2) is 0 Å². The van der Waals surface area contributed by atoms with E-state index in [-0.39, 0.29) is 41.6 Å². The van der Waals surface area contributed by atoms with Crippen molar-refractivity contribution in [2.75, 3.05) is 34.3 Å². The van der Waals surface area contributed by atoms with E-state index >= 15 is 0 Å². The first kappa shape index (κ1) is 16.5. The molecule has 0 unspecified atom stereocenters. The molecule has 0 aliphatic heterocycles. The molecular formula is C5H17NNaO2+. The van der Waals surface area contributed by atoms with Gasteiger partial charge in [-0.3, -0.25) is 0 Å². The minimum absolute atomic E-state index is 0. The molecule has 9 heavy (non-hydrogen) atoms. The summed E-state index contributed by atoms with van der Waals surface area (Å²) in [4.78, 5) is 0. The molecular weight excluding hydrogens is 129 g/mol. The molecule has 0 aliphatic carbocycles. The second-order valence-corrected chi connectivity index (χ2v) is 2.74. The fourth-order valence-corrected chi connectivity index (χ4v) is 0.300. The third-order valence-electron chi connectivity index (χ3n) is 0.771. The van der Waals surface area contributed by atoms with E-state index in [1.54, 1.807) is 0 Å². The molecule has 54 valence electrons. The number of hydrogen-bond donors (Lipinski definition) is 1. The van der Waals surface area contributed by atoms with Crippen molar-refractivity contribution in [2.24, 2.45) is 0 Å². The van der Waals surface area contributed by atoms with Crippen LogP contribution in [0.3, 0.4) is 0 Å². The van der Waals surface area contributed by atoms with E-state index in [2.05, 4.69) is 21.1 Å². The zero-order valence-corrected chi connectivity index (χ0v) is 5.81.